The lowest BCUT2D eigenvalue weighted by Crippen LogP contribution is -2.61. The summed E-state index contributed by atoms with van der Waals surface area (Å²) in [5.74, 6) is -0.194. The Hall–Kier alpha value is -0.690. The fourth-order valence-electron chi connectivity index (χ4n) is 6.71. The number of likely N-dealkylation sites (tertiary alicyclic amines) is 2. The van der Waals surface area contributed by atoms with Crippen LogP contribution in [0, 0.1) is 10.8 Å². The molecule has 1 unspecified atom stereocenters. The Morgan fingerprint density at radius 2 is 1.14 bits per heavy atom. The summed E-state index contributed by atoms with van der Waals surface area (Å²) in [6, 6.07) is 0. The number of aliphatic hydroxyl groups is 1. The maximum Gasteiger partial charge on any atom is 0.311 e. The van der Waals surface area contributed by atoms with Gasteiger partial charge in [-0.3, -0.25) is 14.6 Å². The fraction of sp³-hybridized carbons (Fsp3) is 0.966. The molecule has 0 spiro atoms. The molecule has 1 atom stereocenters. The third kappa shape index (κ3) is 6.80. The molecule has 2 heterocycles. The molecule has 2 aliphatic heterocycles. The first-order valence-corrected chi connectivity index (χ1v) is 13.5. The highest BCUT2D eigenvalue weighted by atomic mass is 16.6. The van der Waals surface area contributed by atoms with Gasteiger partial charge >= 0.3 is 5.97 Å². The number of ether oxygens (including phenoxy) is 2. The van der Waals surface area contributed by atoms with E-state index in [2.05, 4.69) is 79.3 Å². The lowest BCUT2D eigenvalue weighted by molar-refractivity contribution is -0.225. The monoisotopic (exact) mass is 496 g/mol. The molecule has 0 aromatic carbocycles. The first-order chi connectivity index (χ1) is 15.4. The van der Waals surface area contributed by atoms with Gasteiger partial charge in [0.2, 0.25) is 0 Å². The van der Waals surface area contributed by atoms with Crippen LogP contribution >= 0.6 is 0 Å². The molecule has 2 fully saturated rings. The summed E-state index contributed by atoms with van der Waals surface area (Å²) in [6.07, 6.45) is 2.69. The number of nitrogens with zero attached hydrogens (tertiary/aromatic N) is 2. The summed E-state index contributed by atoms with van der Waals surface area (Å²) < 4.78 is 12.4. The lowest BCUT2D eigenvalue weighted by Gasteiger charge is -2.54. The molecule has 206 valence electrons. The fourth-order valence-corrected chi connectivity index (χ4v) is 6.71. The summed E-state index contributed by atoms with van der Waals surface area (Å²) in [4.78, 5) is 18.2. The second-order valence-corrected chi connectivity index (χ2v) is 15.4. The van der Waals surface area contributed by atoms with Crippen LogP contribution in [-0.2, 0) is 14.3 Å². The maximum absolute atomic E-state index is 13.4. The molecular weight excluding hydrogens is 440 g/mol. The summed E-state index contributed by atoms with van der Waals surface area (Å²) in [5.41, 5.74) is -1.47. The molecule has 0 saturated carbocycles. The highest BCUT2D eigenvalue weighted by Gasteiger charge is 2.48. The standard InChI is InChI=1S/C29H56N2O4/c1-24(2,22(32)34-20-15-26(5,6)30(13)27(7,8)16-20)19-25(3,4)23(33)35-21-17-28(9,10)31(14)29(11,12)18-21/h20-22,32H,15-19H2,1-14H3. The molecule has 2 aliphatic rings. The van der Waals surface area contributed by atoms with Crippen LogP contribution < -0.4 is 0 Å². The van der Waals surface area contributed by atoms with E-state index in [1.807, 2.05) is 27.7 Å². The van der Waals surface area contributed by atoms with Gasteiger partial charge in [0.25, 0.3) is 0 Å². The first-order valence-electron chi connectivity index (χ1n) is 13.5. The van der Waals surface area contributed by atoms with E-state index in [1.54, 1.807) is 0 Å². The predicted octanol–water partition coefficient (Wildman–Crippen LogP) is 5.61. The van der Waals surface area contributed by atoms with Crippen LogP contribution in [0.3, 0.4) is 0 Å². The van der Waals surface area contributed by atoms with Crippen molar-refractivity contribution >= 4 is 5.97 Å². The van der Waals surface area contributed by atoms with Crippen molar-refractivity contribution < 1.29 is 19.4 Å². The normalized spacial score (nSPS) is 26.9. The van der Waals surface area contributed by atoms with Gasteiger partial charge in [-0.2, -0.15) is 0 Å². The van der Waals surface area contributed by atoms with Crippen LogP contribution in [0.2, 0.25) is 0 Å². The second-order valence-electron chi connectivity index (χ2n) is 15.4. The van der Waals surface area contributed by atoms with Gasteiger partial charge in [-0.25, -0.2) is 0 Å². The minimum Gasteiger partial charge on any atom is -0.462 e. The van der Waals surface area contributed by atoms with Crippen molar-refractivity contribution in [1.29, 1.82) is 0 Å². The lowest BCUT2D eigenvalue weighted by atomic mass is 9.74. The molecule has 0 amide bonds. The van der Waals surface area contributed by atoms with E-state index < -0.39 is 17.1 Å². The number of carbonyl (C=O) groups is 1. The third-order valence-electron chi connectivity index (χ3n) is 9.25. The van der Waals surface area contributed by atoms with E-state index in [-0.39, 0.29) is 40.3 Å². The SMILES string of the molecule is CN1C(C)(C)CC(OC(=O)C(C)(C)CC(C)(C)C(O)OC2CC(C)(C)N(C)C(C)(C)C2)CC1(C)C. The molecule has 2 saturated heterocycles. The van der Waals surface area contributed by atoms with Gasteiger partial charge in [-0.05, 0) is 103 Å². The van der Waals surface area contributed by atoms with Crippen LogP contribution in [0.4, 0.5) is 0 Å². The van der Waals surface area contributed by atoms with Crippen molar-refractivity contribution in [2.45, 2.75) is 156 Å². The summed E-state index contributed by atoms with van der Waals surface area (Å²) >= 11 is 0. The molecule has 6 nitrogen and oxygen atoms in total. The van der Waals surface area contributed by atoms with Crippen molar-refractivity contribution in [2.75, 3.05) is 14.1 Å². The van der Waals surface area contributed by atoms with Crippen molar-refractivity contribution in [3.05, 3.63) is 0 Å². The number of hydrogen-bond donors (Lipinski definition) is 1. The molecule has 2 rings (SSSR count). The van der Waals surface area contributed by atoms with Gasteiger partial charge in [-0.1, -0.05) is 13.8 Å². The molecule has 0 aliphatic carbocycles. The summed E-state index contributed by atoms with van der Waals surface area (Å²) in [7, 11) is 4.32. The quantitative estimate of drug-likeness (QED) is 0.365. The van der Waals surface area contributed by atoms with E-state index >= 15 is 0 Å². The van der Waals surface area contributed by atoms with Crippen molar-refractivity contribution in [3.63, 3.8) is 0 Å². The van der Waals surface area contributed by atoms with E-state index in [4.69, 9.17) is 9.47 Å². The topological polar surface area (TPSA) is 62.2 Å². The Labute approximate surface area is 216 Å². The Morgan fingerprint density at radius 1 is 0.800 bits per heavy atom. The molecule has 0 aromatic rings. The minimum atomic E-state index is -0.962. The van der Waals surface area contributed by atoms with Crippen LogP contribution in [-0.4, -0.2) is 75.6 Å². The maximum atomic E-state index is 13.4. The molecule has 0 aromatic heterocycles. The zero-order chi connectivity index (χ0) is 27.4. The molecule has 1 N–H and O–H groups in total. The smallest absolute Gasteiger partial charge is 0.311 e. The molecule has 0 bridgehead atoms. The van der Waals surface area contributed by atoms with Gasteiger partial charge in [0.05, 0.1) is 11.5 Å². The molecular formula is C29H56N2O4. The number of hydrogen-bond acceptors (Lipinski definition) is 6. The number of esters is 1. The van der Waals surface area contributed by atoms with E-state index in [0.717, 1.165) is 25.7 Å². The Balaban J connectivity index is 2.05. The van der Waals surface area contributed by atoms with E-state index in [0.29, 0.717) is 6.42 Å². The third-order valence-corrected chi connectivity index (χ3v) is 9.25. The van der Waals surface area contributed by atoms with Gasteiger partial charge in [0.1, 0.15) is 6.10 Å². The zero-order valence-corrected chi connectivity index (χ0v) is 25.3. The van der Waals surface area contributed by atoms with Gasteiger partial charge in [0, 0.05) is 40.4 Å². The Kier molecular flexibility index (Phi) is 8.34. The molecule has 6 heteroatoms. The van der Waals surface area contributed by atoms with Gasteiger partial charge < -0.3 is 14.6 Å². The van der Waals surface area contributed by atoms with Gasteiger partial charge in [-0.15, -0.1) is 0 Å². The minimum absolute atomic E-state index is 0.0189. The highest BCUT2D eigenvalue weighted by Crippen LogP contribution is 2.43. The average Bonchev–Trinajstić information content (AvgIpc) is 2.62. The Bertz CT molecular complexity index is 733. The van der Waals surface area contributed by atoms with Crippen LogP contribution in [0.15, 0.2) is 0 Å². The van der Waals surface area contributed by atoms with E-state index in [9.17, 15) is 9.90 Å². The van der Waals surface area contributed by atoms with E-state index in [1.165, 1.54) is 0 Å². The average molecular weight is 497 g/mol. The second kappa shape index (κ2) is 9.56. The Morgan fingerprint density at radius 3 is 1.51 bits per heavy atom. The summed E-state index contributed by atoms with van der Waals surface area (Å²) in [6.45, 7) is 25.6. The van der Waals surface area contributed by atoms with Crippen molar-refractivity contribution in [1.82, 2.24) is 9.80 Å². The number of piperidine rings is 2. The first kappa shape index (κ1) is 30.5. The van der Waals surface area contributed by atoms with Crippen molar-refractivity contribution in [2.24, 2.45) is 10.8 Å². The van der Waals surface area contributed by atoms with Crippen LogP contribution in [0.5, 0.6) is 0 Å². The number of carbonyl (C=O) groups excluding carboxylic acids is 1. The van der Waals surface area contributed by atoms with Crippen LogP contribution in [0.25, 0.3) is 0 Å². The largest absolute Gasteiger partial charge is 0.462 e. The predicted molar refractivity (Wildman–Crippen MR) is 143 cm³/mol. The molecule has 0 radical (unpaired) electrons. The summed E-state index contributed by atoms with van der Waals surface area (Å²) in [5, 5.41) is 11.2. The molecule has 35 heavy (non-hydrogen) atoms. The number of aliphatic hydroxyl groups excluding tert-OH is 1. The number of rotatable bonds is 7. The van der Waals surface area contributed by atoms with Crippen molar-refractivity contribution in [3.8, 4) is 0 Å². The van der Waals surface area contributed by atoms with Gasteiger partial charge in [0.15, 0.2) is 6.29 Å². The van der Waals surface area contributed by atoms with Crippen LogP contribution in [0.1, 0.15) is 115 Å². The highest BCUT2D eigenvalue weighted by molar-refractivity contribution is 5.76. The zero-order valence-electron chi connectivity index (χ0n) is 25.3.